The first-order valence-electron chi connectivity index (χ1n) is 9.74. The van der Waals surface area contributed by atoms with E-state index in [1.54, 1.807) is 6.07 Å². The third-order valence-corrected chi connectivity index (χ3v) is 8.51. The highest BCUT2D eigenvalue weighted by Gasteiger charge is 2.56. The van der Waals surface area contributed by atoms with Crippen molar-refractivity contribution < 1.29 is 17.7 Å². The molecule has 4 rings (SSSR count). The third kappa shape index (κ3) is 2.93. The van der Waals surface area contributed by atoms with Gasteiger partial charge in [-0.15, -0.1) is 0 Å². The molecule has 27 heavy (non-hydrogen) atoms. The fourth-order valence-corrected chi connectivity index (χ4v) is 6.29. The second-order valence-electron chi connectivity index (χ2n) is 8.89. The van der Waals surface area contributed by atoms with Gasteiger partial charge in [-0.05, 0) is 73.1 Å². The van der Waals surface area contributed by atoms with E-state index in [2.05, 4.69) is 13.5 Å². The van der Waals surface area contributed by atoms with Crippen LogP contribution in [-0.4, -0.2) is 38.0 Å². The van der Waals surface area contributed by atoms with E-state index in [1.807, 2.05) is 12.1 Å². The highest BCUT2D eigenvalue weighted by molar-refractivity contribution is 7.84. The summed E-state index contributed by atoms with van der Waals surface area (Å²) in [7, 11) is -0.823. The van der Waals surface area contributed by atoms with Crippen LogP contribution in [0, 0.1) is 17.3 Å². The van der Waals surface area contributed by atoms with E-state index in [4.69, 9.17) is 4.18 Å². The molecule has 0 spiro atoms. The number of hydrogen-bond acceptors (Lipinski definition) is 4. The van der Waals surface area contributed by atoms with Gasteiger partial charge in [-0.3, -0.25) is 0 Å². The van der Waals surface area contributed by atoms with Gasteiger partial charge in [0, 0.05) is 19.5 Å². The molecular weight excluding hydrogens is 362 g/mol. The molecule has 3 aliphatic rings. The molecule has 1 N–H and O–H groups in total. The van der Waals surface area contributed by atoms with E-state index in [0.717, 1.165) is 36.4 Å². The zero-order chi connectivity index (χ0) is 19.6. The molecule has 2 fully saturated rings. The van der Waals surface area contributed by atoms with Gasteiger partial charge < -0.3 is 9.29 Å². The Labute approximate surface area is 162 Å². The molecule has 6 heteroatoms. The zero-order valence-electron chi connectivity index (χ0n) is 16.3. The summed E-state index contributed by atoms with van der Waals surface area (Å²) in [6.45, 7) is 6.53. The maximum atomic E-state index is 12.0. The van der Waals surface area contributed by atoms with E-state index in [0.29, 0.717) is 23.5 Å². The maximum Gasteiger partial charge on any atom is 0.384 e. The van der Waals surface area contributed by atoms with E-state index in [-0.39, 0.29) is 11.5 Å². The van der Waals surface area contributed by atoms with Gasteiger partial charge in [0.25, 0.3) is 0 Å². The molecule has 5 atom stereocenters. The summed E-state index contributed by atoms with van der Waals surface area (Å²) in [6.07, 6.45) is 4.48. The lowest BCUT2D eigenvalue weighted by Crippen LogP contribution is -2.44. The fourth-order valence-electron chi connectivity index (χ4n) is 5.79. The summed E-state index contributed by atoms with van der Waals surface area (Å²) < 4.78 is 30.3. The molecular formula is C21H29NO4S. The quantitative estimate of drug-likeness (QED) is 0.803. The minimum atomic E-state index is -3.74. The molecule has 1 aromatic rings. The monoisotopic (exact) mass is 391 g/mol. The average Bonchev–Trinajstić information content (AvgIpc) is 2.83. The third-order valence-electron chi connectivity index (χ3n) is 7.22. The van der Waals surface area contributed by atoms with Crippen molar-refractivity contribution in [2.75, 3.05) is 14.1 Å². The van der Waals surface area contributed by atoms with Crippen LogP contribution in [0.2, 0.25) is 0 Å². The molecule has 2 unspecified atom stereocenters. The van der Waals surface area contributed by atoms with Gasteiger partial charge in [0.2, 0.25) is 0 Å². The zero-order valence-corrected chi connectivity index (χ0v) is 17.1. The second-order valence-corrected chi connectivity index (χ2v) is 10.6. The van der Waals surface area contributed by atoms with Crippen LogP contribution in [0.1, 0.15) is 49.7 Å². The lowest BCUT2D eigenvalue weighted by molar-refractivity contribution is -0.0178. The minimum Gasteiger partial charge on any atom is -0.392 e. The smallest absolute Gasteiger partial charge is 0.384 e. The van der Waals surface area contributed by atoms with Crippen molar-refractivity contribution in [2.24, 2.45) is 17.3 Å². The molecule has 0 radical (unpaired) electrons. The Morgan fingerprint density at radius 2 is 2.04 bits per heavy atom. The van der Waals surface area contributed by atoms with Crippen LogP contribution in [-0.2, 0) is 16.7 Å². The van der Waals surface area contributed by atoms with Crippen LogP contribution in [0.5, 0.6) is 5.75 Å². The van der Waals surface area contributed by atoms with Gasteiger partial charge in [0.1, 0.15) is 5.75 Å². The van der Waals surface area contributed by atoms with Crippen LogP contribution in [0.25, 0.3) is 0 Å². The SMILES string of the molecule is C=C1C[C@H](O)[C@@]2(C)CCC3c4ccc(OS(=O)(=O)N(C)C)cc4CCC3[C@H]12. The molecule has 1 aromatic carbocycles. The van der Waals surface area contributed by atoms with Gasteiger partial charge in [-0.1, -0.05) is 25.1 Å². The number of hydrogen-bond donors (Lipinski definition) is 1. The van der Waals surface area contributed by atoms with Crippen molar-refractivity contribution in [1.29, 1.82) is 0 Å². The summed E-state index contributed by atoms with van der Waals surface area (Å²) in [5.74, 6) is 1.72. The number of rotatable bonds is 3. The molecule has 3 aliphatic carbocycles. The number of nitrogens with zero attached hydrogens (tertiary/aromatic N) is 1. The van der Waals surface area contributed by atoms with Gasteiger partial charge in [-0.2, -0.15) is 12.7 Å². The summed E-state index contributed by atoms with van der Waals surface area (Å²) in [4.78, 5) is 0. The predicted molar refractivity (Wildman–Crippen MR) is 105 cm³/mol. The standard InChI is InChI=1S/C21H29NO4S/c1-13-11-19(23)21(2)10-9-17-16-8-6-15(26-27(24,25)22(3)4)12-14(16)5-7-18(17)20(13)21/h6,8,12,17-20,23H,1,5,7,9-11H2,2-4H3/t17?,18?,19-,20-,21+/m0/s1. The molecule has 5 nitrogen and oxygen atoms in total. The van der Waals surface area contributed by atoms with Gasteiger partial charge in [0.15, 0.2) is 0 Å². The van der Waals surface area contributed by atoms with Gasteiger partial charge in [0.05, 0.1) is 6.10 Å². The Kier molecular flexibility index (Phi) is 4.44. The lowest BCUT2D eigenvalue weighted by atomic mass is 9.55. The predicted octanol–water partition coefficient (Wildman–Crippen LogP) is 3.25. The van der Waals surface area contributed by atoms with Crippen LogP contribution < -0.4 is 4.18 Å². The van der Waals surface area contributed by atoms with Crippen molar-refractivity contribution in [3.05, 3.63) is 41.5 Å². The summed E-state index contributed by atoms with van der Waals surface area (Å²) in [5.41, 5.74) is 3.67. The van der Waals surface area contributed by atoms with Crippen LogP contribution >= 0.6 is 0 Å². The fraction of sp³-hybridized carbons (Fsp3) is 0.619. The Bertz CT molecular complexity index is 878. The van der Waals surface area contributed by atoms with E-state index in [1.165, 1.54) is 30.8 Å². The molecule has 0 aliphatic heterocycles. The Hall–Kier alpha value is -1.37. The van der Waals surface area contributed by atoms with Crippen LogP contribution in [0.4, 0.5) is 0 Å². The highest BCUT2D eigenvalue weighted by Crippen LogP contribution is 2.62. The second kappa shape index (κ2) is 6.33. The molecule has 0 saturated heterocycles. The highest BCUT2D eigenvalue weighted by atomic mass is 32.2. The number of fused-ring (bicyclic) bond motifs is 5. The topological polar surface area (TPSA) is 66.8 Å². The number of aliphatic hydroxyl groups is 1. The first-order chi connectivity index (χ1) is 12.6. The average molecular weight is 392 g/mol. The number of benzene rings is 1. The molecule has 0 aromatic heterocycles. The number of aliphatic hydroxyl groups excluding tert-OH is 1. The van der Waals surface area contributed by atoms with E-state index in [9.17, 15) is 13.5 Å². The van der Waals surface area contributed by atoms with E-state index < -0.39 is 10.3 Å². The Balaban J connectivity index is 1.63. The Morgan fingerprint density at radius 1 is 1.30 bits per heavy atom. The summed E-state index contributed by atoms with van der Waals surface area (Å²) in [6, 6.07) is 5.70. The van der Waals surface area contributed by atoms with Crippen molar-refractivity contribution in [2.45, 2.75) is 51.0 Å². The number of aryl methyl sites for hydroxylation is 1. The van der Waals surface area contributed by atoms with Crippen molar-refractivity contribution in [1.82, 2.24) is 4.31 Å². The van der Waals surface area contributed by atoms with E-state index >= 15 is 0 Å². The maximum absolute atomic E-state index is 12.0. The molecule has 148 valence electrons. The lowest BCUT2D eigenvalue weighted by Gasteiger charge is -2.50. The van der Waals surface area contributed by atoms with Gasteiger partial charge in [-0.25, -0.2) is 0 Å². The van der Waals surface area contributed by atoms with Crippen molar-refractivity contribution in [3.8, 4) is 5.75 Å². The molecule has 0 amide bonds. The largest absolute Gasteiger partial charge is 0.392 e. The minimum absolute atomic E-state index is 0.0431. The van der Waals surface area contributed by atoms with Crippen molar-refractivity contribution in [3.63, 3.8) is 0 Å². The molecule has 0 bridgehead atoms. The Morgan fingerprint density at radius 3 is 2.74 bits per heavy atom. The van der Waals surface area contributed by atoms with Crippen LogP contribution in [0.15, 0.2) is 30.4 Å². The van der Waals surface area contributed by atoms with Crippen LogP contribution in [0.3, 0.4) is 0 Å². The normalized spacial score (nSPS) is 35.5. The summed E-state index contributed by atoms with van der Waals surface area (Å²) in [5, 5.41) is 10.6. The summed E-state index contributed by atoms with van der Waals surface area (Å²) >= 11 is 0. The molecule has 2 saturated carbocycles. The van der Waals surface area contributed by atoms with Crippen molar-refractivity contribution >= 4 is 10.3 Å². The first kappa shape index (κ1) is 19.0. The van der Waals surface area contributed by atoms with Gasteiger partial charge >= 0.3 is 10.3 Å². The first-order valence-corrected chi connectivity index (χ1v) is 11.1. The molecule has 0 heterocycles.